The SMILES string of the molecule is CCC/C(=C\c1cc(C)c(O)c(C)c1)CC[C@@H](O)C1=C(C)C[C@H]2C(=O)N(c3cc(C(F)(F)F)cc(C(F)(F)F)c3)C(=O)[C@H]2[C@H]1CO. The molecule has 2 amide bonds. The molecule has 3 N–H and O–H groups in total. The molecule has 0 aromatic heterocycles. The molecule has 1 aliphatic carbocycles. The van der Waals surface area contributed by atoms with E-state index in [1.165, 1.54) is 0 Å². The summed E-state index contributed by atoms with van der Waals surface area (Å²) in [5.74, 6) is -5.23. The summed E-state index contributed by atoms with van der Waals surface area (Å²) >= 11 is 0. The first-order valence-electron chi connectivity index (χ1n) is 15.0. The van der Waals surface area contributed by atoms with Gasteiger partial charge in [0.25, 0.3) is 0 Å². The van der Waals surface area contributed by atoms with Crippen LogP contribution in [0.15, 0.2) is 47.1 Å². The van der Waals surface area contributed by atoms with Crippen LogP contribution in [0.5, 0.6) is 5.75 Å². The van der Waals surface area contributed by atoms with Gasteiger partial charge in [-0.1, -0.05) is 30.6 Å². The first-order chi connectivity index (χ1) is 21.4. The third-order valence-electron chi connectivity index (χ3n) is 8.91. The van der Waals surface area contributed by atoms with Gasteiger partial charge in [-0.05, 0) is 99.0 Å². The van der Waals surface area contributed by atoms with Crippen molar-refractivity contribution in [3.63, 3.8) is 0 Å². The fraction of sp³-hybridized carbons (Fsp3) is 0.471. The van der Waals surface area contributed by atoms with Gasteiger partial charge in [0, 0.05) is 5.92 Å². The van der Waals surface area contributed by atoms with E-state index in [0.717, 1.165) is 35.1 Å². The van der Waals surface area contributed by atoms with E-state index in [1.807, 2.05) is 25.1 Å². The van der Waals surface area contributed by atoms with E-state index in [-0.39, 0.29) is 24.7 Å². The molecule has 0 radical (unpaired) electrons. The highest BCUT2D eigenvalue weighted by molar-refractivity contribution is 6.22. The number of aryl methyl sites for hydroxylation is 2. The van der Waals surface area contributed by atoms with E-state index in [1.54, 1.807) is 20.8 Å². The maximum absolute atomic E-state index is 13.7. The fourth-order valence-corrected chi connectivity index (χ4v) is 6.82. The lowest BCUT2D eigenvalue weighted by molar-refractivity contribution is -0.143. The van der Waals surface area contributed by atoms with Crippen LogP contribution in [0.2, 0.25) is 0 Å². The molecule has 1 aliphatic heterocycles. The number of aliphatic hydroxyl groups is 2. The van der Waals surface area contributed by atoms with Crippen LogP contribution < -0.4 is 4.90 Å². The van der Waals surface area contributed by atoms with Crippen LogP contribution >= 0.6 is 0 Å². The van der Waals surface area contributed by atoms with Crippen molar-refractivity contribution >= 4 is 23.6 Å². The molecular formula is C34H37F6NO5. The van der Waals surface area contributed by atoms with E-state index in [4.69, 9.17) is 0 Å². The number of aliphatic hydroxyl groups excluding tert-OH is 2. The van der Waals surface area contributed by atoms with Gasteiger partial charge in [-0.15, -0.1) is 0 Å². The lowest BCUT2D eigenvalue weighted by Gasteiger charge is -2.35. The molecule has 0 unspecified atom stereocenters. The average Bonchev–Trinajstić information content (AvgIpc) is 3.21. The number of amides is 2. The summed E-state index contributed by atoms with van der Waals surface area (Å²) in [5, 5.41) is 31.9. The number of imide groups is 1. The number of hydrogen-bond acceptors (Lipinski definition) is 5. The zero-order chi connectivity index (χ0) is 34.3. The summed E-state index contributed by atoms with van der Waals surface area (Å²) in [7, 11) is 0. The number of anilines is 1. The third-order valence-corrected chi connectivity index (χ3v) is 8.91. The summed E-state index contributed by atoms with van der Waals surface area (Å²) in [6, 6.07) is 4.29. The van der Waals surface area contributed by atoms with E-state index in [2.05, 4.69) is 0 Å². The number of phenols is 1. The number of hydrogen-bond donors (Lipinski definition) is 3. The van der Waals surface area contributed by atoms with Crippen molar-refractivity contribution in [3.05, 3.63) is 74.9 Å². The van der Waals surface area contributed by atoms with Crippen molar-refractivity contribution < 1.29 is 51.3 Å². The van der Waals surface area contributed by atoms with Gasteiger partial charge in [0.15, 0.2) is 0 Å². The molecule has 0 spiro atoms. The van der Waals surface area contributed by atoms with Crippen LogP contribution in [0, 0.1) is 31.6 Å². The minimum Gasteiger partial charge on any atom is -0.507 e. The highest BCUT2D eigenvalue weighted by atomic mass is 19.4. The van der Waals surface area contributed by atoms with Crippen molar-refractivity contribution in [1.29, 1.82) is 0 Å². The van der Waals surface area contributed by atoms with Crippen molar-refractivity contribution in [2.24, 2.45) is 17.8 Å². The van der Waals surface area contributed by atoms with Gasteiger partial charge in [0.1, 0.15) is 5.75 Å². The van der Waals surface area contributed by atoms with Crippen LogP contribution in [0.1, 0.15) is 73.8 Å². The molecule has 12 heteroatoms. The number of aromatic hydroxyl groups is 1. The number of allylic oxidation sites excluding steroid dienone is 2. The highest BCUT2D eigenvalue weighted by Crippen LogP contribution is 2.48. The summed E-state index contributed by atoms with van der Waals surface area (Å²) in [6.45, 7) is 6.56. The van der Waals surface area contributed by atoms with Crippen LogP contribution in [-0.4, -0.2) is 39.8 Å². The molecule has 2 aromatic carbocycles. The number of alkyl halides is 6. The number of benzene rings is 2. The lowest BCUT2D eigenvalue weighted by atomic mass is 9.68. The summed E-state index contributed by atoms with van der Waals surface area (Å²) in [4.78, 5) is 27.4. The van der Waals surface area contributed by atoms with E-state index < -0.39 is 71.4 Å². The third kappa shape index (κ3) is 7.02. The largest absolute Gasteiger partial charge is 0.507 e. The Kier molecular flexibility index (Phi) is 10.1. The first-order valence-corrected chi connectivity index (χ1v) is 15.0. The molecule has 0 bridgehead atoms. The molecule has 2 aromatic rings. The molecule has 2 aliphatic rings. The number of carbonyl (C=O) groups excluding carboxylic acids is 2. The van der Waals surface area contributed by atoms with Gasteiger partial charge < -0.3 is 15.3 Å². The summed E-state index contributed by atoms with van der Waals surface area (Å²) in [5.41, 5.74) is 0.0359. The number of halogens is 6. The fourth-order valence-electron chi connectivity index (χ4n) is 6.82. The molecule has 6 nitrogen and oxygen atoms in total. The zero-order valence-electron chi connectivity index (χ0n) is 25.9. The van der Waals surface area contributed by atoms with Crippen molar-refractivity contribution in [3.8, 4) is 5.75 Å². The van der Waals surface area contributed by atoms with Crippen molar-refractivity contribution in [1.82, 2.24) is 0 Å². The molecule has 1 heterocycles. The molecule has 1 saturated heterocycles. The second-order valence-corrected chi connectivity index (χ2v) is 12.2. The smallest absolute Gasteiger partial charge is 0.416 e. The molecule has 46 heavy (non-hydrogen) atoms. The standard InChI is InChI=1S/C34H37F6NO5/c1-5-6-20(12-21-9-18(3)30(44)19(4)10-21)7-8-27(43)28-17(2)11-25-29(26(28)16-42)32(46)41(31(25)45)24-14-22(33(35,36)37)13-23(15-24)34(38,39)40/h9-10,12-15,25-27,29,42-44H,5-8,11,16H2,1-4H3/b20-12+/t25-,26+,27-,29-/m1/s1. The number of nitrogens with zero attached hydrogens (tertiary/aromatic N) is 1. The Balaban J connectivity index is 1.63. The Morgan fingerprint density at radius 2 is 1.50 bits per heavy atom. The highest BCUT2D eigenvalue weighted by Gasteiger charge is 2.55. The quantitative estimate of drug-likeness (QED) is 0.148. The van der Waals surface area contributed by atoms with Gasteiger partial charge in [-0.25, -0.2) is 4.90 Å². The zero-order valence-corrected chi connectivity index (χ0v) is 25.9. The molecule has 4 rings (SSSR count). The van der Waals surface area contributed by atoms with Crippen LogP contribution in [0.4, 0.5) is 32.0 Å². The van der Waals surface area contributed by atoms with E-state index >= 15 is 0 Å². The molecular weight excluding hydrogens is 616 g/mol. The monoisotopic (exact) mass is 653 g/mol. The maximum Gasteiger partial charge on any atom is 0.416 e. The average molecular weight is 654 g/mol. The molecule has 0 saturated carbocycles. The second-order valence-electron chi connectivity index (χ2n) is 12.2. The number of rotatable bonds is 9. The predicted molar refractivity (Wildman–Crippen MR) is 160 cm³/mol. The first kappa shape index (κ1) is 35.2. The van der Waals surface area contributed by atoms with Gasteiger partial charge in [0.2, 0.25) is 11.8 Å². The molecule has 250 valence electrons. The maximum atomic E-state index is 13.7. The van der Waals surface area contributed by atoms with Gasteiger partial charge in [0.05, 0.1) is 41.4 Å². The number of phenolic OH excluding ortho intramolecular Hbond substituents is 1. The van der Waals surface area contributed by atoms with Crippen LogP contribution in [-0.2, 0) is 21.9 Å². The normalized spacial score (nSPS) is 21.7. The minimum absolute atomic E-state index is 0.0521. The lowest BCUT2D eigenvalue weighted by Crippen LogP contribution is -2.38. The second kappa shape index (κ2) is 13.2. The Labute approximate surface area is 263 Å². The topological polar surface area (TPSA) is 98.1 Å². The van der Waals surface area contributed by atoms with Gasteiger partial charge in [-0.3, -0.25) is 9.59 Å². The Bertz CT molecular complexity index is 1520. The molecule has 4 atom stereocenters. The molecule has 1 fully saturated rings. The van der Waals surface area contributed by atoms with E-state index in [0.29, 0.717) is 34.6 Å². The van der Waals surface area contributed by atoms with Crippen LogP contribution in [0.3, 0.4) is 0 Å². The van der Waals surface area contributed by atoms with Crippen molar-refractivity contribution in [2.75, 3.05) is 11.5 Å². The Morgan fingerprint density at radius 1 is 0.935 bits per heavy atom. The number of fused-ring (bicyclic) bond motifs is 1. The Hall–Kier alpha value is -3.64. The summed E-state index contributed by atoms with van der Waals surface area (Å²) < 4.78 is 81.2. The minimum atomic E-state index is -5.18. The van der Waals surface area contributed by atoms with Crippen molar-refractivity contribution in [2.45, 2.75) is 78.3 Å². The number of carbonyl (C=O) groups is 2. The summed E-state index contributed by atoms with van der Waals surface area (Å²) in [6.07, 6.45) is -7.37. The predicted octanol–water partition coefficient (Wildman–Crippen LogP) is 7.51. The van der Waals surface area contributed by atoms with E-state index in [9.17, 15) is 51.3 Å². The Morgan fingerprint density at radius 3 is 2.00 bits per heavy atom. The van der Waals surface area contributed by atoms with Crippen LogP contribution in [0.25, 0.3) is 6.08 Å². The van der Waals surface area contributed by atoms with Gasteiger partial charge in [-0.2, -0.15) is 26.3 Å². The van der Waals surface area contributed by atoms with Gasteiger partial charge >= 0.3 is 12.4 Å².